The van der Waals surface area contributed by atoms with Gasteiger partial charge in [0.25, 0.3) is 0 Å². The van der Waals surface area contributed by atoms with Crippen LogP contribution in [0, 0.1) is 5.82 Å². The minimum absolute atomic E-state index is 0.0489. The van der Waals surface area contributed by atoms with Gasteiger partial charge in [0, 0.05) is 24.7 Å². The second-order valence-corrected chi connectivity index (χ2v) is 9.39. The first-order valence-corrected chi connectivity index (χ1v) is 11.9. The van der Waals surface area contributed by atoms with Crippen LogP contribution >= 0.6 is 11.8 Å². The number of halogens is 1. The molecule has 1 unspecified atom stereocenters. The Morgan fingerprint density at radius 3 is 2.65 bits per heavy atom. The lowest BCUT2D eigenvalue weighted by Gasteiger charge is -2.21. The molecular weight excluding hydrogens is 461 g/mol. The molecule has 4 rings (SSSR count). The van der Waals surface area contributed by atoms with Crippen molar-refractivity contribution in [1.29, 1.82) is 0 Å². The van der Waals surface area contributed by atoms with Gasteiger partial charge in [0.05, 0.1) is 30.6 Å². The number of hydrogen-bond donors (Lipinski definition) is 2. The molecule has 2 aliphatic heterocycles. The zero-order valence-electron chi connectivity index (χ0n) is 18.5. The van der Waals surface area contributed by atoms with Crippen molar-refractivity contribution in [3.63, 3.8) is 0 Å². The molecule has 0 spiro atoms. The van der Waals surface area contributed by atoms with E-state index < -0.39 is 18.0 Å². The minimum Gasteiger partial charge on any atom is -0.442 e. The largest absolute Gasteiger partial charge is 0.442 e. The van der Waals surface area contributed by atoms with E-state index in [1.165, 1.54) is 29.7 Å². The Bertz CT molecular complexity index is 1110. The van der Waals surface area contributed by atoms with Crippen molar-refractivity contribution in [3.05, 3.63) is 53.8 Å². The fraction of sp³-hybridized carbons (Fsp3) is 0.333. The lowest BCUT2D eigenvalue weighted by atomic mass is 10.0. The maximum atomic E-state index is 14.9. The van der Waals surface area contributed by atoms with Crippen LogP contribution in [0.15, 0.2) is 42.5 Å². The van der Waals surface area contributed by atoms with E-state index in [0.717, 1.165) is 5.56 Å². The summed E-state index contributed by atoms with van der Waals surface area (Å²) in [5, 5.41) is 5.18. The maximum Gasteiger partial charge on any atom is 0.414 e. The molecule has 2 aromatic carbocycles. The Labute approximate surface area is 200 Å². The highest BCUT2D eigenvalue weighted by atomic mass is 32.2. The van der Waals surface area contributed by atoms with Gasteiger partial charge < -0.3 is 15.4 Å². The third-order valence-corrected chi connectivity index (χ3v) is 6.71. The number of thioether (sulfide) groups is 1. The molecule has 34 heavy (non-hydrogen) atoms. The van der Waals surface area contributed by atoms with Gasteiger partial charge in [0.15, 0.2) is 0 Å². The number of carbonyl (C=O) groups is 4. The molecule has 10 heteroatoms. The van der Waals surface area contributed by atoms with E-state index in [2.05, 4.69) is 10.6 Å². The van der Waals surface area contributed by atoms with Crippen LogP contribution in [0.3, 0.4) is 0 Å². The fourth-order valence-electron chi connectivity index (χ4n) is 3.82. The van der Waals surface area contributed by atoms with Gasteiger partial charge in [-0.1, -0.05) is 24.3 Å². The molecule has 0 radical (unpaired) electrons. The molecule has 0 aromatic heterocycles. The number of cyclic esters (lactones) is 1. The van der Waals surface area contributed by atoms with Crippen molar-refractivity contribution in [1.82, 2.24) is 10.6 Å². The SMILES string of the molecule is CC(=O)NC[C@H]1CN(c2ccc(-c3ccc(CSC4CC(=O)CC(=O)N4)cc3)c(F)c2)C(=O)O1. The Morgan fingerprint density at radius 2 is 1.97 bits per heavy atom. The molecule has 2 saturated heterocycles. The Balaban J connectivity index is 1.38. The van der Waals surface area contributed by atoms with E-state index in [4.69, 9.17) is 4.74 Å². The third kappa shape index (κ3) is 5.74. The number of benzene rings is 2. The van der Waals surface area contributed by atoms with Crippen LogP contribution in [0.4, 0.5) is 14.9 Å². The number of anilines is 1. The number of ether oxygens (including phenoxy) is 1. The second-order valence-electron chi connectivity index (χ2n) is 8.20. The van der Waals surface area contributed by atoms with E-state index in [0.29, 0.717) is 29.0 Å². The topological polar surface area (TPSA) is 105 Å². The van der Waals surface area contributed by atoms with Crippen molar-refractivity contribution in [2.75, 3.05) is 18.0 Å². The number of ketones is 1. The summed E-state index contributed by atoms with van der Waals surface area (Å²) in [5.74, 6) is -0.377. The monoisotopic (exact) mass is 485 g/mol. The predicted molar refractivity (Wildman–Crippen MR) is 126 cm³/mol. The number of nitrogens with zero attached hydrogens (tertiary/aromatic N) is 1. The first kappa shape index (κ1) is 23.7. The summed E-state index contributed by atoms with van der Waals surface area (Å²) in [6.07, 6.45) is -0.804. The molecule has 2 atom stereocenters. The summed E-state index contributed by atoms with van der Waals surface area (Å²) in [7, 11) is 0. The van der Waals surface area contributed by atoms with Crippen molar-refractivity contribution in [2.24, 2.45) is 0 Å². The molecule has 0 bridgehead atoms. The minimum atomic E-state index is -0.583. The van der Waals surface area contributed by atoms with E-state index in [9.17, 15) is 23.6 Å². The summed E-state index contributed by atoms with van der Waals surface area (Å²) in [6, 6.07) is 12.0. The number of hydrogen-bond acceptors (Lipinski definition) is 6. The van der Waals surface area contributed by atoms with Crippen molar-refractivity contribution in [3.8, 4) is 11.1 Å². The molecule has 0 aliphatic carbocycles. The van der Waals surface area contributed by atoms with Crippen LogP contribution in [-0.4, -0.2) is 48.3 Å². The van der Waals surface area contributed by atoms with Gasteiger partial charge >= 0.3 is 6.09 Å². The van der Waals surface area contributed by atoms with Crippen LogP contribution in [0.1, 0.15) is 25.3 Å². The highest BCUT2D eigenvalue weighted by Crippen LogP contribution is 2.30. The zero-order valence-corrected chi connectivity index (χ0v) is 19.3. The molecular formula is C24H24FN3O5S. The van der Waals surface area contributed by atoms with Gasteiger partial charge in [0.2, 0.25) is 11.8 Å². The van der Waals surface area contributed by atoms with Crippen LogP contribution in [0.5, 0.6) is 0 Å². The number of piperidine rings is 1. The molecule has 8 nitrogen and oxygen atoms in total. The first-order valence-electron chi connectivity index (χ1n) is 10.8. The molecule has 2 N–H and O–H groups in total. The average Bonchev–Trinajstić information content (AvgIpc) is 3.16. The van der Waals surface area contributed by atoms with Gasteiger partial charge in [-0.05, 0) is 29.3 Å². The van der Waals surface area contributed by atoms with Gasteiger partial charge in [0.1, 0.15) is 17.7 Å². The summed E-state index contributed by atoms with van der Waals surface area (Å²) in [5.41, 5.74) is 2.46. The van der Waals surface area contributed by atoms with Gasteiger partial charge in [-0.25, -0.2) is 9.18 Å². The molecule has 2 fully saturated rings. The third-order valence-electron chi connectivity index (χ3n) is 5.53. The molecule has 2 heterocycles. The number of rotatable bonds is 7. The molecule has 178 valence electrons. The van der Waals surface area contributed by atoms with E-state index >= 15 is 0 Å². The number of Topliss-reactive ketones (excluding diaryl/α,β-unsaturated/α-hetero) is 1. The highest BCUT2D eigenvalue weighted by Gasteiger charge is 2.32. The Morgan fingerprint density at radius 1 is 1.21 bits per heavy atom. The fourth-order valence-corrected chi connectivity index (χ4v) is 4.92. The smallest absolute Gasteiger partial charge is 0.414 e. The Hall–Kier alpha value is -3.40. The number of amides is 3. The van der Waals surface area contributed by atoms with Crippen molar-refractivity contribution in [2.45, 2.75) is 37.0 Å². The first-order chi connectivity index (χ1) is 16.3. The van der Waals surface area contributed by atoms with Gasteiger partial charge in [-0.2, -0.15) is 0 Å². The molecule has 3 amide bonds. The lowest BCUT2D eigenvalue weighted by Crippen LogP contribution is -2.40. The van der Waals surface area contributed by atoms with Crippen LogP contribution < -0.4 is 15.5 Å². The standard InChI is InChI=1S/C24H24FN3O5S/c1-14(29)26-11-19-12-28(24(32)33-19)17-6-7-20(21(25)8-17)16-4-2-15(3-5-16)13-34-23-10-18(30)9-22(31)27-23/h2-8,19,23H,9-13H2,1H3,(H,26,29)(H,27,31)/t19-,23?/m0/s1. The van der Waals surface area contributed by atoms with E-state index in [1.54, 1.807) is 12.1 Å². The average molecular weight is 486 g/mol. The van der Waals surface area contributed by atoms with Crippen molar-refractivity contribution >= 4 is 41.1 Å². The summed E-state index contributed by atoms with van der Waals surface area (Å²) >= 11 is 1.48. The number of nitrogens with one attached hydrogen (secondary N) is 2. The normalized spacial score (nSPS) is 20.2. The van der Waals surface area contributed by atoms with Crippen LogP contribution in [0.2, 0.25) is 0 Å². The predicted octanol–water partition coefficient (Wildman–Crippen LogP) is 2.99. The number of carbonyl (C=O) groups excluding carboxylic acids is 4. The Kier molecular flexibility index (Phi) is 7.16. The van der Waals surface area contributed by atoms with Gasteiger partial charge in [-0.3, -0.25) is 19.3 Å². The second kappa shape index (κ2) is 10.3. The maximum absolute atomic E-state index is 14.9. The highest BCUT2D eigenvalue weighted by molar-refractivity contribution is 7.99. The molecule has 2 aliphatic rings. The summed E-state index contributed by atoms with van der Waals surface area (Å²) < 4.78 is 20.2. The zero-order chi connectivity index (χ0) is 24.2. The quantitative estimate of drug-likeness (QED) is 0.585. The van der Waals surface area contributed by atoms with E-state index in [-0.39, 0.29) is 42.5 Å². The summed E-state index contributed by atoms with van der Waals surface area (Å²) in [4.78, 5) is 47.6. The van der Waals surface area contributed by atoms with Crippen LogP contribution in [0.25, 0.3) is 11.1 Å². The molecule has 0 saturated carbocycles. The van der Waals surface area contributed by atoms with Crippen LogP contribution in [-0.2, 0) is 24.9 Å². The van der Waals surface area contributed by atoms with Crippen molar-refractivity contribution < 1.29 is 28.3 Å². The molecule has 2 aromatic rings. The lowest BCUT2D eigenvalue weighted by molar-refractivity contribution is -0.131. The summed E-state index contributed by atoms with van der Waals surface area (Å²) in [6.45, 7) is 1.80. The van der Waals surface area contributed by atoms with Gasteiger partial charge in [-0.15, -0.1) is 11.8 Å². The van der Waals surface area contributed by atoms with E-state index in [1.807, 2.05) is 24.3 Å².